The largest absolute Gasteiger partial charge is 0.365 e. The van der Waals surface area contributed by atoms with Crippen LogP contribution in [0.15, 0.2) is 16.8 Å². The number of hydrogen-bond acceptors (Lipinski definition) is 7. The molecule has 0 spiro atoms. The molecular weight excluding hydrogens is 274 g/mol. The molecule has 0 aliphatic carbocycles. The number of aromatic nitrogens is 2. The summed E-state index contributed by atoms with van der Waals surface area (Å²) in [5.74, 6) is 0.467. The van der Waals surface area contributed by atoms with E-state index in [0.29, 0.717) is 18.0 Å². The molecule has 2 heterocycles. The molecule has 0 bridgehead atoms. The van der Waals surface area contributed by atoms with E-state index in [1.807, 2.05) is 0 Å². The van der Waals surface area contributed by atoms with Crippen LogP contribution in [0.4, 0.5) is 11.4 Å². The minimum atomic E-state index is -0.477. The number of nitro benzene ring substituents is 1. The van der Waals surface area contributed by atoms with E-state index in [9.17, 15) is 10.1 Å². The molecule has 1 aliphatic rings. The van der Waals surface area contributed by atoms with Gasteiger partial charge in [0, 0.05) is 25.2 Å². The third kappa shape index (κ3) is 2.21. The summed E-state index contributed by atoms with van der Waals surface area (Å²) in [5, 5.41) is 18.6. The maximum atomic E-state index is 11.0. The van der Waals surface area contributed by atoms with E-state index >= 15 is 0 Å². The summed E-state index contributed by atoms with van der Waals surface area (Å²) < 4.78 is 4.72. The summed E-state index contributed by atoms with van der Waals surface area (Å²) in [6.45, 7) is 3.56. The molecule has 1 saturated heterocycles. The normalized spacial score (nSPS) is 22.7. The lowest BCUT2D eigenvalue weighted by Gasteiger charge is -2.40. The second kappa shape index (κ2) is 5.28. The summed E-state index contributed by atoms with van der Waals surface area (Å²) in [6.07, 6.45) is 2.19. The van der Waals surface area contributed by atoms with Gasteiger partial charge in [0.2, 0.25) is 5.52 Å². The minimum absolute atomic E-state index is 0.0932. The molecule has 21 heavy (non-hydrogen) atoms. The number of hydrogen-bond donors (Lipinski definition) is 1. The summed E-state index contributed by atoms with van der Waals surface area (Å²) >= 11 is 0. The molecule has 2 N–H and O–H groups in total. The third-order valence-electron chi connectivity index (χ3n) is 4.24. The first kappa shape index (κ1) is 13.7. The van der Waals surface area contributed by atoms with Gasteiger partial charge in [0.15, 0.2) is 5.52 Å². The molecule has 8 heteroatoms. The van der Waals surface area contributed by atoms with Crippen molar-refractivity contribution in [2.24, 2.45) is 11.7 Å². The molecule has 112 valence electrons. The highest BCUT2D eigenvalue weighted by Gasteiger charge is 2.31. The Bertz CT molecular complexity index is 671. The lowest BCUT2D eigenvalue weighted by Crippen LogP contribution is -2.48. The van der Waals surface area contributed by atoms with Crippen molar-refractivity contribution in [1.29, 1.82) is 0 Å². The van der Waals surface area contributed by atoms with Gasteiger partial charge in [-0.1, -0.05) is 6.92 Å². The maximum Gasteiger partial charge on any atom is 0.300 e. The van der Waals surface area contributed by atoms with Crippen molar-refractivity contribution in [3.8, 4) is 0 Å². The lowest BCUT2D eigenvalue weighted by molar-refractivity contribution is -0.383. The summed E-state index contributed by atoms with van der Waals surface area (Å²) in [7, 11) is 0. The molecule has 0 radical (unpaired) electrons. The Hall–Kier alpha value is -2.22. The SMILES string of the molecule is CC1CCCN(c2ccc([N+](=O)[O-])c3nonc23)C1CN. The average molecular weight is 291 g/mol. The van der Waals surface area contributed by atoms with Crippen LogP contribution in [0.1, 0.15) is 19.8 Å². The van der Waals surface area contributed by atoms with Crippen LogP contribution < -0.4 is 10.6 Å². The van der Waals surface area contributed by atoms with Gasteiger partial charge < -0.3 is 10.6 Å². The van der Waals surface area contributed by atoms with Crippen molar-refractivity contribution < 1.29 is 9.55 Å². The number of benzene rings is 1. The van der Waals surface area contributed by atoms with Crippen LogP contribution in [0.2, 0.25) is 0 Å². The van der Waals surface area contributed by atoms with Gasteiger partial charge in [-0.25, -0.2) is 4.63 Å². The Kier molecular flexibility index (Phi) is 3.46. The topological polar surface area (TPSA) is 111 Å². The summed E-state index contributed by atoms with van der Waals surface area (Å²) in [5.41, 5.74) is 7.23. The molecule has 2 unspecified atom stereocenters. The van der Waals surface area contributed by atoms with Gasteiger partial charge in [0.25, 0.3) is 0 Å². The molecule has 0 saturated carbocycles. The van der Waals surface area contributed by atoms with Gasteiger partial charge >= 0.3 is 5.69 Å². The molecule has 1 aliphatic heterocycles. The minimum Gasteiger partial charge on any atom is -0.365 e. The first-order valence-electron chi connectivity index (χ1n) is 7.00. The number of anilines is 1. The van der Waals surface area contributed by atoms with Gasteiger partial charge in [-0.15, -0.1) is 0 Å². The highest BCUT2D eigenvalue weighted by atomic mass is 16.6. The standard InChI is InChI=1S/C13H17N5O3/c1-8-3-2-6-17(11(8)7-14)9-4-5-10(18(19)20)13-12(9)15-21-16-13/h4-5,8,11H,2-3,6-7,14H2,1H3. The Balaban J connectivity index is 2.10. The molecule has 1 aromatic heterocycles. The van der Waals surface area contributed by atoms with Crippen LogP contribution in [-0.2, 0) is 0 Å². The highest BCUT2D eigenvalue weighted by molar-refractivity contribution is 5.94. The van der Waals surface area contributed by atoms with E-state index in [4.69, 9.17) is 10.4 Å². The molecule has 3 rings (SSSR count). The van der Waals surface area contributed by atoms with Crippen molar-refractivity contribution in [1.82, 2.24) is 10.3 Å². The van der Waals surface area contributed by atoms with E-state index < -0.39 is 4.92 Å². The first-order valence-corrected chi connectivity index (χ1v) is 7.00. The number of nitro groups is 1. The number of rotatable bonds is 3. The van der Waals surface area contributed by atoms with Crippen LogP contribution in [0.3, 0.4) is 0 Å². The van der Waals surface area contributed by atoms with Gasteiger partial charge in [-0.05, 0) is 35.1 Å². The Morgan fingerprint density at radius 2 is 2.24 bits per heavy atom. The zero-order valence-electron chi connectivity index (χ0n) is 11.7. The van der Waals surface area contributed by atoms with Crippen molar-refractivity contribution >= 4 is 22.4 Å². The summed E-state index contributed by atoms with van der Waals surface area (Å²) in [6, 6.07) is 3.36. The van der Waals surface area contributed by atoms with Gasteiger partial charge in [0.05, 0.1) is 10.6 Å². The molecular formula is C13H17N5O3. The van der Waals surface area contributed by atoms with E-state index in [2.05, 4.69) is 22.1 Å². The first-order chi connectivity index (χ1) is 10.1. The van der Waals surface area contributed by atoms with Crippen molar-refractivity contribution in [2.45, 2.75) is 25.8 Å². The fourth-order valence-electron chi connectivity index (χ4n) is 3.13. The molecule has 1 fully saturated rings. The predicted octanol–water partition coefficient (Wildman–Crippen LogP) is 1.69. The molecule has 8 nitrogen and oxygen atoms in total. The molecule has 2 atom stereocenters. The Morgan fingerprint density at radius 3 is 2.95 bits per heavy atom. The van der Waals surface area contributed by atoms with E-state index in [0.717, 1.165) is 25.1 Å². The van der Waals surface area contributed by atoms with Crippen LogP contribution in [0.25, 0.3) is 11.0 Å². The molecule has 2 aromatic rings. The zero-order valence-corrected chi connectivity index (χ0v) is 11.7. The van der Waals surface area contributed by atoms with Gasteiger partial charge in [-0.2, -0.15) is 0 Å². The lowest BCUT2D eigenvalue weighted by atomic mass is 9.90. The number of nitrogens with two attached hydrogens (primary N) is 1. The second-order valence-electron chi connectivity index (χ2n) is 5.44. The fraction of sp³-hybridized carbons (Fsp3) is 0.538. The van der Waals surface area contributed by atoms with Crippen molar-refractivity contribution in [2.75, 3.05) is 18.0 Å². The van der Waals surface area contributed by atoms with Crippen LogP contribution >= 0.6 is 0 Å². The zero-order chi connectivity index (χ0) is 15.0. The van der Waals surface area contributed by atoms with E-state index in [1.165, 1.54) is 6.07 Å². The van der Waals surface area contributed by atoms with Gasteiger partial charge in [-0.3, -0.25) is 10.1 Å². The monoisotopic (exact) mass is 291 g/mol. The van der Waals surface area contributed by atoms with Gasteiger partial charge in [0.1, 0.15) is 0 Å². The number of non-ortho nitro benzene ring substituents is 1. The predicted molar refractivity (Wildman–Crippen MR) is 77.0 cm³/mol. The van der Waals surface area contributed by atoms with Crippen molar-refractivity contribution in [3.05, 3.63) is 22.2 Å². The molecule has 1 aromatic carbocycles. The quantitative estimate of drug-likeness (QED) is 0.676. The Morgan fingerprint density at radius 1 is 1.48 bits per heavy atom. The third-order valence-corrected chi connectivity index (χ3v) is 4.24. The maximum absolute atomic E-state index is 11.0. The second-order valence-corrected chi connectivity index (χ2v) is 5.44. The van der Waals surface area contributed by atoms with Crippen LogP contribution in [-0.4, -0.2) is 34.4 Å². The van der Waals surface area contributed by atoms with E-state index in [1.54, 1.807) is 6.07 Å². The highest BCUT2D eigenvalue weighted by Crippen LogP contribution is 2.35. The Labute approximate surface area is 121 Å². The van der Waals surface area contributed by atoms with Crippen molar-refractivity contribution in [3.63, 3.8) is 0 Å². The van der Waals surface area contributed by atoms with E-state index in [-0.39, 0.29) is 17.2 Å². The van der Waals surface area contributed by atoms with Crippen LogP contribution in [0, 0.1) is 16.0 Å². The number of piperidine rings is 1. The number of fused-ring (bicyclic) bond motifs is 1. The molecule has 0 amide bonds. The fourth-order valence-corrected chi connectivity index (χ4v) is 3.13. The smallest absolute Gasteiger partial charge is 0.300 e. The average Bonchev–Trinajstić information content (AvgIpc) is 2.95. The van der Waals surface area contributed by atoms with Crippen LogP contribution in [0.5, 0.6) is 0 Å². The number of nitrogens with zero attached hydrogens (tertiary/aromatic N) is 4. The summed E-state index contributed by atoms with van der Waals surface area (Å²) in [4.78, 5) is 12.7.